The van der Waals surface area contributed by atoms with Gasteiger partial charge in [-0.25, -0.2) is 4.57 Å². The molecule has 0 radical (unpaired) electrons. The van der Waals surface area contributed by atoms with Crippen molar-refractivity contribution in [3.8, 4) is 28.6 Å². The molecule has 4 aromatic rings. The lowest BCUT2D eigenvalue weighted by Gasteiger charge is -2.14. The van der Waals surface area contributed by atoms with Gasteiger partial charge >= 0.3 is 0 Å². The number of benzene rings is 2. The Balaban J connectivity index is 0.000000505. The topological polar surface area (TPSA) is 73.7 Å². The van der Waals surface area contributed by atoms with Crippen molar-refractivity contribution in [3.63, 3.8) is 0 Å². The summed E-state index contributed by atoms with van der Waals surface area (Å²) in [5, 5.41) is 0. The molecule has 0 unspecified atom stereocenters. The molecule has 0 aliphatic rings. The van der Waals surface area contributed by atoms with Crippen LogP contribution in [0.2, 0.25) is 0 Å². The number of aromatic nitrogens is 3. The number of methoxy groups -OCH3 is 2. The predicted octanol–water partition coefficient (Wildman–Crippen LogP) is 6.39. The molecule has 2 aromatic carbocycles. The lowest BCUT2D eigenvalue weighted by molar-refractivity contribution is 0.321. The maximum Gasteiger partial charge on any atom is 0.278 e. The Bertz CT molecular complexity index is 1550. The first-order chi connectivity index (χ1) is 18.3. The van der Waals surface area contributed by atoms with Gasteiger partial charge in [-0.3, -0.25) is 9.36 Å². The highest BCUT2D eigenvalue weighted by atomic mass is 32.1. The van der Waals surface area contributed by atoms with E-state index in [9.17, 15) is 4.79 Å². The van der Waals surface area contributed by atoms with Crippen LogP contribution in [-0.2, 0) is 0 Å². The quantitative estimate of drug-likeness (QED) is 0.232. The van der Waals surface area contributed by atoms with E-state index in [1.165, 1.54) is 42.6 Å². The van der Waals surface area contributed by atoms with Gasteiger partial charge in [0, 0.05) is 6.07 Å². The molecule has 4 rings (SSSR count). The molecule has 204 valence electrons. The number of hydrogen-bond acceptors (Lipinski definition) is 8. The molecule has 0 bridgehead atoms. The summed E-state index contributed by atoms with van der Waals surface area (Å²) in [6.45, 7) is 12.5. The summed E-state index contributed by atoms with van der Waals surface area (Å²) >= 11 is 12.4. The third kappa shape index (κ3) is 6.17. The monoisotopic (exact) mass is 574 g/mol. The van der Waals surface area contributed by atoms with Gasteiger partial charge in [0.15, 0.2) is 8.73 Å². The summed E-state index contributed by atoms with van der Waals surface area (Å²) in [7, 11) is 3.09. The SMILES string of the molecule is CCN(CC)CC.CCOc1ccccc1-n1c(=S)sc2c(=O)n(-c3cc(OC)ccc3OC)c(=S)[nH]c21. The van der Waals surface area contributed by atoms with Crippen LogP contribution in [0.4, 0.5) is 0 Å². The Morgan fingerprint density at radius 1 is 0.895 bits per heavy atom. The van der Waals surface area contributed by atoms with E-state index < -0.39 is 0 Å². The number of aromatic amines is 1. The summed E-state index contributed by atoms with van der Waals surface area (Å²) in [6, 6.07) is 12.7. The molecule has 1 N–H and O–H groups in total. The van der Waals surface area contributed by atoms with E-state index in [0.717, 1.165) is 5.69 Å². The fraction of sp³-hybridized carbons (Fsp3) is 0.370. The smallest absolute Gasteiger partial charge is 0.278 e. The van der Waals surface area contributed by atoms with Gasteiger partial charge < -0.3 is 24.1 Å². The molecule has 0 aliphatic carbocycles. The van der Waals surface area contributed by atoms with Crippen LogP contribution in [0, 0.1) is 8.73 Å². The third-order valence-corrected chi connectivity index (χ3v) is 7.66. The van der Waals surface area contributed by atoms with Crippen molar-refractivity contribution >= 4 is 46.1 Å². The van der Waals surface area contributed by atoms with Gasteiger partial charge in [0.1, 0.15) is 27.6 Å². The maximum atomic E-state index is 13.5. The van der Waals surface area contributed by atoms with Gasteiger partial charge in [0.05, 0.1) is 32.2 Å². The van der Waals surface area contributed by atoms with Crippen molar-refractivity contribution in [2.24, 2.45) is 0 Å². The molecule has 0 spiro atoms. The first-order valence-electron chi connectivity index (χ1n) is 12.4. The summed E-state index contributed by atoms with van der Waals surface area (Å²) in [5.74, 6) is 1.73. The molecule has 0 atom stereocenters. The summed E-state index contributed by atoms with van der Waals surface area (Å²) in [5.41, 5.74) is 1.45. The van der Waals surface area contributed by atoms with E-state index in [4.69, 9.17) is 38.6 Å². The molecule has 0 amide bonds. The summed E-state index contributed by atoms with van der Waals surface area (Å²) < 4.78 is 20.8. The zero-order valence-corrected chi connectivity index (χ0v) is 25.0. The molecular formula is C27H34N4O4S3. The number of nitrogens with zero attached hydrogens (tertiary/aromatic N) is 3. The van der Waals surface area contributed by atoms with Crippen LogP contribution in [0.25, 0.3) is 21.7 Å². The molecule has 0 saturated carbocycles. The zero-order valence-electron chi connectivity index (χ0n) is 22.6. The number of nitrogens with one attached hydrogen (secondary N) is 1. The number of para-hydroxylation sites is 2. The van der Waals surface area contributed by atoms with Crippen LogP contribution in [0.1, 0.15) is 27.7 Å². The van der Waals surface area contributed by atoms with Crippen LogP contribution in [0.5, 0.6) is 17.2 Å². The summed E-state index contributed by atoms with van der Waals surface area (Å²) in [6.07, 6.45) is 0. The van der Waals surface area contributed by atoms with Crippen molar-refractivity contribution in [2.45, 2.75) is 27.7 Å². The average molecular weight is 575 g/mol. The second-order valence-corrected chi connectivity index (χ2v) is 10.0. The number of hydrogen-bond donors (Lipinski definition) is 1. The van der Waals surface area contributed by atoms with Crippen molar-refractivity contribution in [2.75, 3.05) is 40.5 Å². The van der Waals surface area contributed by atoms with Crippen molar-refractivity contribution in [1.82, 2.24) is 19.0 Å². The average Bonchev–Trinajstić information content (AvgIpc) is 3.26. The standard InChI is InChI=1S/C21H19N3O4S3.C6H15N/c1-4-28-16-8-6-5-7-13(16)23-18-17(31-21(23)30)19(25)24(20(29)22-18)14-11-12(26-2)9-10-15(14)27-3;1-4-7(5-2)6-3/h5-11H,4H2,1-3H3,(H,22,29);4-6H2,1-3H3. The molecule has 0 saturated heterocycles. The summed E-state index contributed by atoms with van der Waals surface area (Å²) in [4.78, 5) is 19.1. The minimum atomic E-state index is -0.297. The van der Waals surface area contributed by atoms with Gasteiger partial charge in [-0.2, -0.15) is 0 Å². The Kier molecular flexibility index (Phi) is 10.7. The number of thiazole rings is 1. The number of ether oxygens (including phenoxy) is 3. The zero-order chi connectivity index (χ0) is 27.8. The normalized spacial score (nSPS) is 10.8. The second kappa shape index (κ2) is 13.7. The fourth-order valence-electron chi connectivity index (χ4n) is 3.98. The van der Waals surface area contributed by atoms with Crippen molar-refractivity contribution < 1.29 is 14.2 Å². The highest BCUT2D eigenvalue weighted by Crippen LogP contribution is 2.31. The molecule has 11 heteroatoms. The van der Waals surface area contributed by atoms with Gasteiger partial charge in [-0.1, -0.05) is 44.2 Å². The molecule has 8 nitrogen and oxygen atoms in total. The van der Waals surface area contributed by atoms with E-state index >= 15 is 0 Å². The molecule has 2 heterocycles. The predicted molar refractivity (Wildman–Crippen MR) is 161 cm³/mol. The number of H-pyrrole nitrogens is 1. The molecular weight excluding hydrogens is 541 g/mol. The first-order valence-corrected chi connectivity index (χ1v) is 14.1. The van der Waals surface area contributed by atoms with Crippen LogP contribution >= 0.6 is 35.8 Å². The van der Waals surface area contributed by atoms with E-state index in [1.54, 1.807) is 29.9 Å². The van der Waals surface area contributed by atoms with E-state index in [-0.39, 0.29) is 10.3 Å². The molecule has 0 fully saturated rings. The Hall–Kier alpha value is -2.99. The van der Waals surface area contributed by atoms with Crippen LogP contribution in [0.3, 0.4) is 0 Å². The Labute approximate surface area is 237 Å². The highest BCUT2D eigenvalue weighted by Gasteiger charge is 2.19. The van der Waals surface area contributed by atoms with Gasteiger partial charge in [0.2, 0.25) is 0 Å². The fourth-order valence-corrected chi connectivity index (χ4v) is 5.57. The number of rotatable bonds is 9. The maximum absolute atomic E-state index is 13.5. The van der Waals surface area contributed by atoms with Crippen LogP contribution in [0.15, 0.2) is 47.3 Å². The first kappa shape index (κ1) is 29.6. The molecule has 0 aliphatic heterocycles. The largest absolute Gasteiger partial charge is 0.497 e. The number of fused-ring (bicyclic) bond motifs is 1. The molecule has 2 aromatic heterocycles. The van der Waals surface area contributed by atoms with E-state index in [0.29, 0.717) is 43.8 Å². The molecule has 38 heavy (non-hydrogen) atoms. The highest BCUT2D eigenvalue weighted by molar-refractivity contribution is 7.73. The van der Waals surface area contributed by atoms with Gasteiger partial charge in [-0.15, -0.1) is 0 Å². The van der Waals surface area contributed by atoms with Crippen LogP contribution < -0.4 is 19.8 Å². The van der Waals surface area contributed by atoms with E-state index in [2.05, 4.69) is 30.7 Å². The van der Waals surface area contributed by atoms with Gasteiger partial charge in [-0.05, 0) is 75.3 Å². The Morgan fingerprint density at radius 3 is 2.16 bits per heavy atom. The Morgan fingerprint density at radius 2 is 1.58 bits per heavy atom. The van der Waals surface area contributed by atoms with E-state index in [1.807, 2.05) is 31.2 Å². The van der Waals surface area contributed by atoms with Crippen LogP contribution in [-0.4, -0.2) is 59.5 Å². The van der Waals surface area contributed by atoms with Crippen molar-refractivity contribution in [3.05, 3.63) is 61.5 Å². The third-order valence-electron chi connectivity index (χ3n) is 6.01. The minimum Gasteiger partial charge on any atom is -0.497 e. The lowest BCUT2D eigenvalue weighted by Crippen LogP contribution is -2.21. The minimum absolute atomic E-state index is 0.208. The lowest BCUT2D eigenvalue weighted by atomic mass is 10.2. The second-order valence-electron chi connectivity index (χ2n) is 8.01. The van der Waals surface area contributed by atoms with Crippen molar-refractivity contribution in [1.29, 1.82) is 0 Å². The van der Waals surface area contributed by atoms with Gasteiger partial charge in [0.25, 0.3) is 5.56 Å².